The van der Waals surface area contributed by atoms with E-state index < -0.39 is 12.1 Å². The Morgan fingerprint density at radius 3 is 0.940 bits per heavy atom. The smallest absolute Gasteiger partial charge is 0.305 e. The molecule has 6 nitrogen and oxygen atoms in total. The van der Waals surface area contributed by atoms with Crippen LogP contribution in [0.3, 0.4) is 0 Å². The first-order valence-corrected chi connectivity index (χ1v) is 37.4. The lowest BCUT2D eigenvalue weighted by Gasteiger charge is -2.22. The molecule has 0 aromatic heterocycles. The third-order valence-electron chi connectivity index (χ3n) is 17.4. The van der Waals surface area contributed by atoms with Crippen molar-refractivity contribution in [2.24, 2.45) is 0 Å². The SMILES string of the molecule is CCCCC/C=C\C/C=C\CCCCCCCCCCCC(=O)OCCCCCCCCCCCCC/C=C\C/C=C\CCCCCCCCCCCCCCCCCCCC(=O)NC(CO)C(O)CCCCCCCCCCCCCC. The van der Waals surface area contributed by atoms with Crippen LogP contribution in [-0.2, 0) is 14.3 Å². The normalized spacial score (nSPS) is 12.8. The van der Waals surface area contributed by atoms with E-state index in [0.29, 0.717) is 25.9 Å². The Balaban J connectivity index is 3.35. The highest BCUT2D eigenvalue weighted by atomic mass is 16.5. The molecule has 0 saturated heterocycles. The van der Waals surface area contributed by atoms with Gasteiger partial charge in [0.2, 0.25) is 5.91 Å². The van der Waals surface area contributed by atoms with Crippen LogP contribution in [-0.4, -0.2) is 47.4 Å². The van der Waals surface area contributed by atoms with Crippen LogP contribution in [0.2, 0.25) is 0 Å². The number of hydrogen-bond acceptors (Lipinski definition) is 5. The zero-order valence-electron chi connectivity index (χ0n) is 55.9. The molecule has 0 saturated carbocycles. The van der Waals surface area contributed by atoms with Crippen molar-refractivity contribution in [1.82, 2.24) is 5.32 Å². The van der Waals surface area contributed by atoms with Crippen LogP contribution >= 0.6 is 0 Å². The van der Waals surface area contributed by atoms with E-state index in [4.69, 9.17) is 4.74 Å². The fraction of sp³-hybridized carbons (Fsp3) is 0.870. The zero-order valence-corrected chi connectivity index (χ0v) is 55.9. The molecular formula is C77H145NO5. The highest BCUT2D eigenvalue weighted by Gasteiger charge is 2.20. The number of aliphatic hydroxyl groups excluding tert-OH is 2. The largest absolute Gasteiger partial charge is 0.466 e. The summed E-state index contributed by atoms with van der Waals surface area (Å²) in [5.74, 6) is -0.0183. The van der Waals surface area contributed by atoms with Crippen molar-refractivity contribution in [3.63, 3.8) is 0 Å². The van der Waals surface area contributed by atoms with Crippen molar-refractivity contribution in [1.29, 1.82) is 0 Å². The van der Waals surface area contributed by atoms with E-state index in [1.54, 1.807) is 0 Å². The number of carbonyl (C=O) groups is 2. The fourth-order valence-corrected chi connectivity index (χ4v) is 11.6. The third-order valence-corrected chi connectivity index (χ3v) is 17.4. The summed E-state index contributed by atoms with van der Waals surface area (Å²) in [6, 6.07) is -0.539. The van der Waals surface area contributed by atoms with Crippen LogP contribution in [0.1, 0.15) is 406 Å². The first-order valence-electron chi connectivity index (χ1n) is 37.4. The minimum Gasteiger partial charge on any atom is -0.466 e. The first kappa shape index (κ1) is 80.8. The average molecular weight is 1170 g/mol. The van der Waals surface area contributed by atoms with E-state index in [-0.39, 0.29) is 18.5 Å². The Kier molecular flexibility index (Phi) is 70.4. The molecule has 0 aliphatic heterocycles. The molecule has 0 aliphatic carbocycles. The number of aliphatic hydroxyl groups is 2. The van der Waals surface area contributed by atoms with Gasteiger partial charge >= 0.3 is 5.97 Å². The second-order valence-electron chi connectivity index (χ2n) is 25.6. The number of amides is 1. The minimum atomic E-state index is -0.662. The molecule has 3 N–H and O–H groups in total. The Bertz CT molecular complexity index is 1390. The Hall–Kier alpha value is -2.18. The molecule has 0 aliphatic rings. The molecule has 488 valence electrons. The van der Waals surface area contributed by atoms with Gasteiger partial charge < -0.3 is 20.3 Å². The lowest BCUT2D eigenvalue weighted by Crippen LogP contribution is -2.45. The molecular weight excluding hydrogens is 1020 g/mol. The molecule has 0 spiro atoms. The summed E-state index contributed by atoms with van der Waals surface area (Å²) in [5, 5.41) is 23.3. The summed E-state index contributed by atoms with van der Waals surface area (Å²) in [6.45, 7) is 4.95. The maximum atomic E-state index is 12.5. The summed E-state index contributed by atoms with van der Waals surface area (Å²) < 4.78 is 5.51. The van der Waals surface area contributed by atoms with E-state index in [0.717, 1.165) is 57.8 Å². The Morgan fingerprint density at radius 1 is 0.337 bits per heavy atom. The number of allylic oxidation sites excluding steroid dienone is 8. The van der Waals surface area contributed by atoms with Gasteiger partial charge in [-0.25, -0.2) is 0 Å². The average Bonchev–Trinajstić information content (AvgIpc) is 3.49. The lowest BCUT2D eigenvalue weighted by atomic mass is 10.0. The van der Waals surface area contributed by atoms with Crippen LogP contribution < -0.4 is 5.32 Å². The quantitative estimate of drug-likeness (QED) is 0.0320. The highest BCUT2D eigenvalue weighted by molar-refractivity contribution is 5.76. The summed E-state index contributed by atoms with van der Waals surface area (Å²) >= 11 is 0. The van der Waals surface area contributed by atoms with E-state index in [1.165, 1.54) is 315 Å². The number of esters is 1. The van der Waals surface area contributed by atoms with Crippen LogP contribution in [0.4, 0.5) is 0 Å². The third kappa shape index (κ3) is 68.8. The van der Waals surface area contributed by atoms with E-state index in [9.17, 15) is 19.8 Å². The maximum absolute atomic E-state index is 12.5. The second-order valence-corrected chi connectivity index (χ2v) is 25.6. The molecule has 1 amide bonds. The van der Waals surface area contributed by atoms with Crippen LogP contribution in [0, 0.1) is 0 Å². The van der Waals surface area contributed by atoms with E-state index >= 15 is 0 Å². The standard InChI is InChI=1S/C77H145NO5/c1-3-5-7-9-11-13-15-17-18-19-37-41-44-47-51-55-59-63-67-71-77(82)83-72-68-64-60-56-52-48-45-42-39-36-34-32-30-28-26-24-22-20-21-23-25-27-29-31-33-35-38-40-43-46-50-54-58-62-66-70-76(81)78-74(73-79)75(80)69-65-61-57-53-49-16-14-12-10-8-6-4-2/h11,13,17-18,22,24,28,30,74-75,79-80H,3-10,12,14-16,19-21,23,25-27,29,31-73H2,1-2H3,(H,78,81)/b13-11-,18-17-,24-22-,30-28-. The van der Waals surface area contributed by atoms with Gasteiger partial charge in [0.1, 0.15) is 0 Å². The molecule has 0 rings (SSSR count). The van der Waals surface area contributed by atoms with Gasteiger partial charge in [0.15, 0.2) is 0 Å². The van der Waals surface area contributed by atoms with Gasteiger partial charge in [0, 0.05) is 12.8 Å². The molecule has 0 aromatic carbocycles. The molecule has 0 radical (unpaired) electrons. The molecule has 0 aromatic rings. The molecule has 83 heavy (non-hydrogen) atoms. The molecule has 2 unspecified atom stereocenters. The number of nitrogens with one attached hydrogen (secondary N) is 1. The lowest BCUT2D eigenvalue weighted by molar-refractivity contribution is -0.143. The van der Waals surface area contributed by atoms with Gasteiger partial charge in [-0.2, -0.15) is 0 Å². The highest BCUT2D eigenvalue weighted by Crippen LogP contribution is 2.19. The first-order chi connectivity index (χ1) is 41.0. The number of hydrogen-bond donors (Lipinski definition) is 3. The van der Waals surface area contributed by atoms with E-state index in [1.807, 2.05) is 0 Å². The number of carbonyl (C=O) groups excluding carboxylic acids is 2. The van der Waals surface area contributed by atoms with Gasteiger partial charge in [-0.1, -0.05) is 351 Å². The van der Waals surface area contributed by atoms with Crippen molar-refractivity contribution in [3.8, 4) is 0 Å². The molecule has 6 heteroatoms. The Labute approximate surface area is 518 Å². The monoisotopic (exact) mass is 1160 g/mol. The van der Waals surface area contributed by atoms with Crippen LogP contribution in [0.15, 0.2) is 48.6 Å². The fourth-order valence-electron chi connectivity index (χ4n) is 11.6. The number of ether oxygens (including phenoxy) is 1. The van der Waals surface area contributed by atoms with Gasteiger partial charge in [0.25, 0.3) is 0 Å². The Morgan fingerprint density at radius 2 is 0.602 bits per heavy atom. The molecule has 0 heterocycles. The van der Waals surface area contributed by atoms with E-state index in [2.05, 4.69) is 67.8 Å². The molecule has 2 atom stereocenters. The van der Waals surface area contributed by atoms with Crippen molar-refractivity contribution in [2.45, 2.75) is 418 Å². The van der Waals surface area contributed by atoms with Crippen molar-refractivity contribution < 1.29 is 24.5 Å². The molecule has 0 fully saturated rings. The van der Waals surface area contributed by atoms with Crippen LogP contribution in [0.5, 0.6) is 0 Å². The predicted molar refractivity (Wildman–Crippen MR) is 366 cm³/mol. The van der Waals surface area contributed by atoms with Crippen molar-refractivity contribution >= 4 is 11.9 Å². The summed E-state index contributed by atoms with van der Waals surface area (Å²) in [4.78, 5) is 24.6. The van der Waals surface area contributed by atoms with Crippen molar-refractivity contribution in [2.75, 3.05) is 13.2 Å². The number of rotatable bonds is 70. The van der Waals surface area contributed by atoms with Crippen LogP contribution in [0.25, 0.3) is 0 Å². The summed E-state index contributed by atoms with van der Waals surface area (Å²) in [7, 11) is 0. The summed E-state index contributed by atoms with van der Waals surface area (Å²) in [5.41, 5.74) is 0. The van der Waals surface area contributed by atoms with Gasteiger partial charge in [-0.15, -0.1) is 0 Å². The van der Waals surface area contributed by atoms with Crippen molar-refractivity contribution in [3.05, 3.63) is 48.6 Å². The maximum Gasteiger partial charge on any atom is 0.305 e. The van der Waals surface area contributed by atoms with Gasteiger partial charge in [0.05, 0.1) is 25.4 Å². The zero-order chi connectivity index (χ0) is 59.9. The van der Waals surface area contributed by atoms with Gasteiger partial charge in [-0.05, 0) is 89.9 Å². The number of unbranched alkanes of at least 4 members (excludes halogenated alkanes) is 51. The second kappa shape index (κ2) is 72.3. The topological polar surface area (TPSA) is 95.9 Å². The summed E-state index contributed by atoms with van der Waals surface area (Å²) in [6.07, 6.45) is 94.7. The molecule has 0 bridgehead atoms. The predicted octanol–water partition coefficient (Wildman–Crippen LogP) is 24.4. The minimum absolute atomic E-state index is 0.0132. The van der Waals surface area contributed by atoms with Gasteiger partial charge in [-0.3, -0.25) is 9.59 Å².